The number of benzene rings is 2. The predicted octanol–water partition coefficient (Wildman–Crippen LogP) is 4.32. The summed E-state index contributed by atoms with van der Waals surface area (Å²) in [7, 11) is 0. The zero-order valence-corrected chi connectivity index (χ0v) is 18.7. The Hall–Kier alpha value is -4.57. The molecule has 0 spiro atoms. The van der Waals surface area contributed by atoms with E-state index in [2.05, 4.69) is 11.1 Å². The van der Waals surface area contributed by atoms with Gasteiger partial charge in [-0.05, 0) is 55.8 Å². The summed E-state index contributed by atoms with van der Waals surface area (Å²) in [5, 5.41) is 9.06. The van der Waals surface area contributed by atoms with Crippen molar-refractivity contribution in [2.45, 2.75) is 26.1 Å². The van der Waals surface area contributed by atoms with Gasteiger partial charge in [-0.1, -0.05) is 12.1 Å². The molecule has 3 heterocycles. The lowest BCUT2D eigenvalue weighted by molar-refractivity contribution is -0.125. The number of hydrogen-bond donors (Lipinski definition) is 1. The van der Waals surface area contributed by atoms with E-state index in [9.17, 15) is 9.59 Å². The van der Waals surface area contributed by atoms with E-state index in [1.807, 2.05) is 34.9 Å². The van der Waals surface area contributed by atoms with Gasteiger partial charge >= 0.3 is 0 Å². The number of ketones is 1. The number of pyridine rings is 1. The SMILES string of the molecule is CC1(C)OC(c2ccc(C#N)cc2)=C(c2ccc(OCc3cn4ccc(=O)cc4[nH]3)cc2)C1=O. The fraction of sp³-hybridized carbons (Fsp3) is 0.148. The van der Waals surface area contributed by atoms with Crippen molar-refractivity contribution in [3.8, 4) is 11.8 Å². The Balaban J connectivity index is 1.40. The van der Waals surface area contributed by atoms with Crippen LogP contribution in [0.1, 0.15) is 36.2 Å². The van der Waals surface area contributed by atoms with Gasteiger partial charge in [0.1, 0.15) is 23.8 Å². The Morgan fingerprint density at radius 1 is 1.03 bits per heavy atom. The fourth-order valence-electron chi connectivity index (χ4n) is 3.94. The van der Waals surface area contributed by atoms with Crippen molar-refractivity contribution in [2.24, 2.45) is 0 Å². The van der Waals surface area contributed by atoms with E-state index in [1.165, 1.54) is 12.1 Å². The maximum Gasteiger partial charge on any atom is 0.210 e. The van der Waals surface area contributed by atoms with Crippen LogP contribution in [0.5, 0.6) is 5.75 Å². The van der Waals surface area contributed by atoms with Crippen molar-refractivity contribution in [3.05, 3.63) is 106 Å². The first-order chi connectivity index (χ1) is 16.3. The molecular formula is C27H21N3O4. The van der Waals surface area contributed by atoms with Gasteiger partial charge in [-0.25, -0.2) is 0 Å². The highest BCUT2D eigenvalue weighted by Gasteiger charge is 2.42. The molecule has 1 aliphatic heterocycles. The number of carbonyl (C=O) groups is 1. The molecular weight excluding hydrogens is 430 g/mol. The summed E-state index contributed by atoms with van der Waals surface area (Å²) >= 11 is 0. The highest BCUT2D eigenvalue weighted by Crippen LogP contribution is 2.41. The van der Waals surface area contributed by atoms with Crippen molar-refractivity contribution >= 4 is 22.8 Å². The number of carbonyl (C=O) groups excluding carboxylic acids is 1. The summed E-state index contributed by atoms with van der Waals surface area (Å²) in [5.74, 6) is 1.04. The lowest BCUT2D eigenvalue weighted by Crippen LogP contribution is -2.29. The second kappa shape index (κ2) is 8.09. The van der Waals surface area contributed by atoms with Gasteiger partial charge in [0.15, 0.2) is 11.0 Å². The number of imidazole rings is 1. The number of aromatic nitrogens is 2. The van der Waals surface area contributed by atoms with Crippen molar-refractivity contribution in [1.29, 1.82) is 5.26 Å². The molecule has 0 bridgehead atoms. The highest BCUT2D eigenvalue weighted by atomic mass is 16.5. The number of aromatic amines is 1. The molecule has 0 saturated heterocycles. The summed E-state index contributed by atoms with van der Waals surface area (Å²) in [4.78, 5) is 27.8. The molecule has 1 N–H and O–H groups in total. The first-order valence-corrected chi connectivity index (χ1v) is 10.8. The van der Waals surface area contributed by atoms with E-state index in [1.54, 1.807) is 44.3 Å². The van der Waals surface area contributed by atoms with Gasteiger partial charge in [-0.15, -0.1) is 0 Å². The summed E-state index contributed by atoms with van der Waals surface area (Å²) in [6.45, 7) is 3.79. The van der Waals surface area contributed by atoms with Crippen LogP contribution in [0.4, 0.5) is 0 Å². The van der Waals surface area contributed by atoms with Crippen molar-refractivity contribution < 1.29 is 14.3 Å². The van der Waals surface area contributed by atoms with Crippen molar-refractivity contribution in [3.63, 3.8) is 0 Å². The molecule has 0 amide bonds. The number of nitriles is 1. The third-order valence-corrected chi connectivity index (χ3v) is 5.71. The Kier molecular flexibility index (Phi) is 5.06. The lowest BCUT2D eigenvalue weighted by Gasteiger charge is -2.17. The van der Waals surface area contributed by atoms with Crippen LogP contribution in [-0.2, 0) is 16.1 Å². The average molecular weight is 451 g/mol. The lowest BCUT2D eigenvalue weighted by atomic mass is 9.92. The van der Waals surface area contributed by atoms with E-state index < -0.39 is 5.60 Å². The Morgan fingerprint density at radius 2 is 1.74 bits per heavy atom. The van der Waals surface area contributed by atoms with Crippen molar-refractivity contribution in [1.82, 2.24) is 9.38 Å². The van der Waals surface area contributed by atoms with Crippen LogP contribution in [0.15, 0.2) is 77.9 Å². The summed E-state index contributed by atoms with van der Waals surface area (Å²) in [5.41, 5.74) is 2.99. The van der Waals surface area contributed by atoms with Gasteiger partial charge in [-0.2, -0.15) is 5.26 Å². The quantitative estimate of drug-likeness (QED) is 0.487. The number of H-pyrrole nitrogens is 1. The third kappa shape index (κ3) is 3.86. The van der Waals surface area contributed by atoms with E-state index in [-0.39, 0.29) is 11.2 Å². The van der Waals surface area contributed by atoms with Crippen LogP contribution < -0.4 is 10.2 Å². The first-order valence-electron chi connectivity index (χ1n) is 10.8. The zero-order valence-electron chi connectivity index (χ0n) is 18.7. The monoisotopic (exact) mass is 451 g/mol. The highest BCUT2D eigenvalue weighted by molar-refractivity contribution is 6.32. The molecule has 0 unspecified atom stereocenters. The maximum absolute atomic E-state index is 13.1. The molecule has 0 radical (unpaired) electrons. The van der Waals surface area contributed by atoms with E-state index in [4.69, 9.17) is 14.7 Å². The smallest absolute Gasteiger partial charge is 0.210 e. The summed E-state index contributed by atoms with van der Waals surface area (Å²) < 4.78 is 13.8. The van der Waals surface area contributed by atoms with Crippen LogP contribution in [0.2, 0.25) is 0 Å². The van der Waals surface area contributed by atoms with E-state index in [0.29, 0.717) is 34.9 Å². The molecule has 0 aliphatic carbocycles. The van der Waals surface area contributed by atoms with Crippen LogP contribution in [0, 0.1) is 11.3 Å². The zero-order chi connectivity index (χ0) is 23.9. The number of ether oxygens (including phenoxy) is 2. The molecule has 34 heavy (non-hydrogen) atoms. The number of Topliss-reactive ketones (excluding diaryl/α,β-unsaturated/α-hetero) is 1. The van der Waals surface area contributed by atoms with Crippen LogP contribution in [0.3, 0.4) is 0 Å². The first kappa shape index (κ1) is 21.3. The van der Waals surface area contributed by atoms with E-state index >= 15 is 0 Å². The van der Waals surface area contributed by atoms with Gasteiger partial charge in [-0.3, -0.25) is 9.59 Å². The maximum atomic E-state index is 13.1. The van der Waals surface area contributed by atoms with Crippen LogP contribution >= 0.6 is 0 Å². The van der Waals surface area contributed by atoms with Gasteiger partial charge in [0, 0.05) is 30.1 Å². The molecule has 0 saturated carbocycles. The number of rotatable bonds is 5. The number of fused-ring (bicyclic) bond motifs is 1. The molecule has 0 fully saturated rings. The van der Waals surface area contributed by atoms with Crippen LogP contribution in [-0.4, -0.2) is 20.8 Å². The largest absolute Gasteiger partial charge is 0.487 e. The summed E-state index contributed by atoms with van der Waals surface area (Å²) in [6, 6.07) is 19.4. The second-order valence-electron chi connectivity index (χ2n) is 8.58. The predicted molar refractivity (Wildman–Crippen MR) is 127 cm³/mol. The molecule has 7 nitrogen and oxygen atoms in total. The molecule has 1 aliphatic rings. The third-order valence-electron chi connectivity index (χ3n) is 5.71. The normalized spacial score (nSPS) is 14.8. The van der Waals surface area contributed by atoms with E-state index in [0.717, 1.165) is 16.8 Å². The molecule has 2 aromatic carbocycles. The minimum atomic E-state index is -0.981. The second-order valence-corrected chi connectivity index (χ2v) is 8.58. The number of hydrogen-bond acceptors (Lipinski definition) is 5. The Morgan fingerprint density at radius 3 is 2.44 bits per heavy atom. The molecule has 2 aromatic heterocycles. The van der Waals surface area contributed by atoms with Gasteiger partial charge in [0.25, 0.3) is 0 Å². The average Bonchev–Trinajstić information content (AvgIpc) is 3.35. The van der Waals surface area contributed by atoms with Gasteiger partial charge in [0.05, 0.1) is 22.9 Å². The van der Waals surface area contributed by atoms with Gasteiger partial charge in [0.2, 0.25) is 5.78 Å². The van der Waals surface area contributed by atoms with Crippen LogP contribution in [0.25, 0.3) is 17.0 Å². The molecule has 5 rings (SSSR count). The van der Waals surface area contributed by atoms with Crippen molar-refractivity contribution in [2.75, 3.05) is 0 Å². The molecule has 7 heteroatoms. The Labute approximate surface area is 195 Å². The Bertz CT molecular complexity index is 1530. The minimum Gasteiger partial charge on any atom is -0.487 e. The minimum absolute atomic E-state index is 0.0618. The number of nitrogens with zero attached hydrogens (tertiary/aromatic N) is 2. The standard InChI is InChI=1S/C27H21N3O4/c1-27(2)26(32)24(25(34-27)19-5-3-17(14-28)4-6-19)18-7-9-22(10-8-18)33-16-20-15-30-12-11-21(31)13-23(30)29-20/h3-13,15,29H,16H2,1-2H3. The molecule has 0 atom stereocenters. The van der Waals surface area contributed by atoms with Gasteiger partial charge < -0.3 is 18.9 Å². The molecule has 4 aromatic rings. The summed E-state index contributed by atoms with van der Waals surface area (Å²) in [6.07, 6.45) is 3.57. The number of nitrogens with one attached hydrogen (secondary N) is 1. The topological polar surface area (TPSA) is 96.6 Å². The molecule has 168 valence electrons. The fourth-order valence-corrected chi connectivity index (χ4v) is 3.94.